The van der Waals surface area contributed by atoms with Gasteiger partial charge in [-0.05, 0) is 0 Å². The molecule has 0 amide bonds. The van der Waals surface area contributed by atoms with Gasteiger partial charge < -0.3 is 4.90 Å². The van der Waals surface area contributed by atoms with Gasteiger partial charge in [0, 0.05) is 22.8 Å². The van der Waals surface area contributed by atoms with Gasteiger partial charge in [-0.25, -0.2) is 0 Å². The average Bonchev–Trinajstić information content (AvgIpc) is 2.43. The van der Waals surface area contributed by atoms with Crippen molar-refractivity contribution in [2.24, 2.45) is 0 Å². The van der Waals surface area contributed by atoms with Crippen LogP contribution in [-0.2, 0) is 0 Å². The molecule has 12 heavy (non-hydrogen) atoms. The maximum Gasteiger partial charge on any atom is 0.136 e. The first-order valence-corrected chi connectivity index (χ1v) is 6.47. The summed E-state index contributed by atoms with van der Waals surface area (Å²) in [6.45, 7) is 1.82. The van der Waals surface area contributed by atoms with Gasteiger partial charge in [-0.2, -0.15) is 5.26 Å². The molecule has 1 aliphatic heterocycles. The molecule has 1 atom stereocenters. The van der Waals surface area contributed by atoms with Crippen molar-refractivity contribution in [2.75, 3.05) is 17.5 Å². The van der Waals surface area contributed by atoms with Crippen molar-refractivity contribution in [1.29, 1.82) is 5.26 Å². The van der Waals surface area contributed by atoms with Crippen molar-refractivity contribution in [3.63, 3.8) is 0 Å². The molecule has 5 heteroatoms. The van der Waals surface area contributed by atoms with Gasteiger partial charge in [0.2, 0.25) is 0 Å². The van der Waals surface area contributed by atoms with Gasteiger partial charge in [0.1, 0.15) is 4.32 Å². The zero-order chi connectivity index (χ0) is 8.97. The highest BCUT2D eigenvalue weighted by Gasteiger charge is 2.25. The van der Waals surface area contributed by atoms with Crippen LogP contribution in [-0.4, -0.2) is 32.0 Å². The summed E-state index contributed by atoms with van der Waals surface area (Å²) in [5, 5.41) is 9.04. The second-order valence-corrected chi connectivity index (χ2v) is 5.33. The summed E-state index contributed by atoms with van der Waals surface area (Å²) >= 11 is 9.31. The molecule has 0 radical (unpaired) electrons. The second-order valence-electron chi connectivity index (χ2n) is 2.51. The van der Waals surface area contributed by atoms with Gasteiger partial charge in [0.05, 0.1) is 12.5 Å². The molecule has 0 N–H and O–H groups in total. The van der Waals surface area contributed by atoms with E-state index in [1.807, 2.05) is 0 Å². The number of hydrogen-bond acceptors (Lipinski definition) is 3. The lowest BCUT2D eigenvalue weighted by molar-refractivity contribution is 0.460. The molecule has 0 aromatic carbocycles. The lowest BCUT2D eigenvalue weighted by Gasteiger charge is -2.14. The first kappa shape index (κ1) is 10.5. The molecule has 0 aliphatic carbocycles. The Bertz CT molecular complexity index is 214. The summed E-state index contributed by atoms with van der Waals surface area (Å²) in [6.07, 6.45) is 0.578. The van der Waals surface area contributed by atoms with E-state index in [9.17, 15) is 0 Å². The van der Waals surface area contributed by atoms with E-state index in [0.717, 1.165) is 21.8 Å². The van der Waals surface area contributed by atoms with E-state index in [-0.39, 0.29) is 0 Å². The fourth-order valence-corrected chi connectivity index (χ4v) is 3.33. The van der Waals surface area contributed by atoms with Crippen LogP contribution < -0.4 is 0 Å². The van der Waals surface area contributed by atoms with Crippen LogP contribution in [0, 0.1) is 11.3 Å². The monoisotopic (exact) mass is 312 g/mol. The molecule has 1 rings (SSSR count). The lowest BCUT2D eigenvalue weighted by Crippen LogP contribution is -2.25. The molecule has 1 unspecified atom stereocenters. The third-order valence-corrected chi connectivity index (χ3v) is 4.93. The van der Waals surface area contributed by atoms with E-state index in [1.165, 1.54) is 0 Å². The van der Waals surface area contributed by atoms with Gasteiger partial charge in [-0.15, -0.1) is 0 Å². The normalized spacial score (nSPS) is 22.8. The SMILES string of the molecule is N#CCCN1CC(CI)SC1=S. The lowest BCUT2D eigenvalue weighted by atomic mass is 10.4. The van der Waals surface area contributed by atoms with Crippen molar-refractivity contribution >= 4 is 50.9 Å². The predicted octanol–water partition coefficient (Wildman–Crippen LogP) is 2.04. The van der Waals surface area contributed by atoms with E-state index >= 15 is 0 Å². The van der Waals surface area contributed by atoms with Crippen LogP contribution in [0.3, 0.4) is 0 Å². The molecule has 1 fully saturated rings. The predicted molar refractivity (Wildman–Crippen MR) is 64.7 cm³/mol. The van der Waals surface area contributed by atoms with Crippen molar-refractivity contribution in [1.82, 2.24) is 4.90 Å². The minimum atomic E-state index is 0.578. The van der Waals surface area contributed by atoms with Crippen molar-refractivity contribution < 1.29 is 0 Å². The topological polar surface area (TPSA) is 27.0 Å². The Labute approximate surface area is 95.8 Å². The van der Waals surface area contributed by atoms with Crippen molar-refractivity contribution in [2.45, 2.75) is 11.7 Å². The van der Waals surface area contributed by atoms with Crippen LogP contribution in [0.1, 0.15) is 6.42 Å². The number of nitriles is 1. The van der Waals surface area contributed by atoms with Crippen LogP contribution in [0.2, 0.25) is 0 Å². The number of rotatable bonds is 3. The van der Waals surface area contributed by atoms with Gasteiger partial charge in [0.25, 0.3) is 0 Å². The van der Waals surface area contributed by atoms with E-state index < -0.39 is 0 Å². The molecule has 0 bridgehead atoms. The van der Waals surface area contributed by atoms with Gasteiger partial charge >= 0.3 is 0 Å². The summed E-state index contributed by atoms with van der Waals surface area (Å²) in [5.74, 6) is 0. The van der Waals surface area contributed by atoms with E-state index in [2.05, 4.69) is 33.6 Å². The molecular weight excluding hydrogens is 303 g/mol. The van der Waals surface area contributed by atoms with Crippen LogP contribution in [0.4, 0.5) is 0 Å². The van der Waals surface area contributed by atoms with E-state index in [0.29, 0.717) is 11.7 Å². The minimum absolute atomic E-state index is 0.578. The summed E-state index contributed by atoms with van der Waals surface area (Å²) in [7, 11) is 0. The van der Waals surface area contributed by atoms with E-state index in [4.69, 9.17) is 17.5 Å². The quantitative estimate of drug-likeness (QED) is 0.453. The summed E-state index contributed by atoms with van der Waals surface area (Å²) < 4.78 is 2.10. The zero-order valence-electron chi connectivity index (χ0n) is 6.49. The summed E-state index contributed by atoms with van der Waals surface area (Å²) in [5.41, 5.74) is 0. The Morgan fingerprint density at radius 2 is 2.58 bits per heavy atom. The summed E-state index contributed by atoms with van der Waals surface area (Å²) in [6, 6.07) is 2.14. The maximum atomic E-state index is 8.41. The molecule has 1 saturated heterocycles. The highest BCUT2D eigenvalue weighted by atomic mass is 127. The number of halogens is 1. The molecule has 66 valence electrons. The molecule has 0 aromatic heterocycles. The molecule has 2 nitrogen and oxygen atoms in total. The Morgan fingerprint density at radius 1 is 1.83 bits per heavy atom. The van der Waals surface area contributed by atoms with Crippen LogP contribution in [0.15, 0.2) is 0 Å². The highest BCUT2D eigenvalue weighted by Crippen LogP contribution is 2.26. The standard InChI is InChI=1S/C7H9IN2S2/c8-4-6-5-10(3-1-2-9)7(11)12-6/h6H,1,3-5H2. The number of nitrogens with zero attached hydrogens (tertiary/aromatic N) is 2. The van der Waals surface area contributed by atoms with Crippen LogP contribution >= 0.6 is 46.6 Å². The first-order chi connectivity index (χ1) is 5.77. The third-order valence-electron chi connectivity index (χ3n) is 1.62. The van der Waals surface area contributed by atoms with Crippen LogP contribution in [0.25, 0.3) is 0 Å². The Hall–Kier alpha value is 0.460. The average molecular weight is 312 g/mol. The van der Waals surface area contributed by atoms with Gasteiger partial charge in [0.15, 0.2) is 0 Å². The molecule has 0 aromatic rings. The Morgan fingerprint density at radius 3 is 3.08 bits per heavy atom. The molecule has 0 spiro atoms. The van der Waals surface area contributed by atoms with E-state index in [1.54, 1.807) is 11.8 Å². The molecule has 1 heterocycles. The smallest absolute Gasteiger partial charge is 0.136 e. The maximum absolute atomic E-state index is 8.41. The zero-order valence-corrected chi connectivity index (χ0v) is 10.3. The fraction of sp³-hybridized carbons (Fsp3) is 0.714. The Balaban J connectivity index is 2.37. The minimum Gasteiger partial charge on any atom is -0.355 e. The number of thioether (sulfide) groups is 1. The number of alkyl halides is 1. The molecule has 1 aliphatic rings. The third kappa shape index (κ3) is 2.75. The molecule has 0 saturated carbocycles. The highest BCUT2D eigenvalue weighted by molar-refractivity contribution is 14.1. The van der Waals surface area contributed by atoms with Crippen molar-refractivity contribution in [3.05, 3.63) is 0 Å². The van der Waals surface area contributed by atoms with Gasteiger partial charge in [-0.1, -0.05) is 46.6 Å². The largest absolute Gasteiger partial charge is 0.355 e. The van der Waals surface area contributed by atoms with Crippen LogP contribution in [0.5, 0.6) is 0 Å². The van der Waals surface area contributed by atoms with Crippen molar-refractivity contribution in [3.8, 4) is 6.07 Å². The number of thiocarbonyl (C=S) groups is 1. The number of hydrogen-bond donors (Lipinski definition) is 0. The fourth-order valence-electron chi connectivity index (χ4n) is 1.02. The van der Waals surface area contributed by atoms with Gasteiger partial charge in [-0.3, -0.25) is 0 Å². The Kier molecular flexibility index (Phi) is 4.61. The molecular formula is C7H9IN2S2. The first-order valence-electron chi connectivity index (χ1n) is 3.66. The second kappa shape index (κ2) is 5.25. The summed E-state index contributed by atoms with van der Waals surface area (Å²) in [4.78, 5) is 2.13.